The number of nitrogens with one attached hydrogen (secondary N) is 1. The largest absolute Gasteiger partial charge is 0.358 e. The van der Waals surface area contributed by atoms with Gasteiger partial charge >= 0.3 is 0 Å². The van der Waals surface area contributed by atoms with Crippen molar-refractivity contribution in [3.05, 3.63) is 35.2 Å². The van der Waals surface area contributed by atoms with Crippen molar-refractivity contribution in [3.8, 4) is 5.69 Å². The van der Waals surface area contributed by atoms with Crippen molar-refractivity contribution in [1.82, 2.24) is 20.0 Å². The van der Waals surface area contributed by atoms with Gasteiger partial charge in [0.2, 0.25) is 0 Å². The number of aromatic nitrogens is 4. The van der Waals surface area contributed by atoms with Crippen LogP contribution in [0.3, 0.4) is 0 Å². The lowest BCUT2D eigenvalue weighted by Crippen LogP contribution is -2.01. The van der Waals surface area contributed by atoms with Gasteiger partial charge in [0.25, 0.3) is 9.05 Å². The van der Waals surface area contributed by atoms with Crippen LogP contribution in [0.25, 0.3) is 16.6 Å². The molecule has 0 spiro atoms. The molecule has 0 saturated carbocycles. The van der Waals surface area contributed by atoms with Crippen molar-refractivity contribution in [3.63, 3.8) is 0 Å². The Kier molecular flexibility index (Phi) is 3.00. The Morgan fingerprint density at radius 2 is 2.10 bits per heavy atom. The molecule has 2 heterocycles. The first-order valence-corrected chi connectivity index (χ1v) is 8.20. The maximum absolute atomic E-state index is 11.5. The summed E-state index contributed by atoms with van der Waals surface area (Å²) < 4.78 is 23.0. The van der Waals surface area contributed by atoms with Crippen molar-refractivity contribution >= 4 is 42.2 Å². The van der Waals surface area contributed by atoms with E-state index in [4.69, 9.17) is 22.3 Å². The summed E-state index contributed by atoms with van der Waals surface area (Å²) >= 11 is 6.17. The van der Waals surface area contributed by atoms with Crippen molar-refractivity contribution in [1.29, 1.82) is 0 Å². The molecule has 0 saturated heterocycles. The van der Waals surface area contributed by atoms with Crippen LogP contribution in [0.4, 0.5) is 0 Å². The van der Waals surface area contributed by atoms with Crippen LogP contribution in [0.5, 0.6) is 0 Å². The number of hydrogen-bond acceptors (Lipinski definition) is 4. The Hall–Kier alpha value is -1.57. The van der Waals surface area contributed by atoms with E-state index in [2.05, 4.69) is 15.2 Å². The highest BCUT2D eigenvalue weighted by Crippen LogP contribution is 2.33. The van der Waals surface area contributed by atoms with E-state index in [1.54, 1.807) is 25.3 Å². The van der Waals surface area contributed by atoms with Gasteiger partial charge in [0.1, 0.15) is 10.6 Å². The predicted molar refractivity (Wildman–Crippen MR) is 76.0 cm³/mol. The van der Waals surface area contributed by atoms with Crippen molar-refractivity contribution in [2.45, 2.75) is 11.8 Å². The van der Waals surface area contributed by atoms with Gasteiger partial charge in [-0.1, -0.05) is 11.6 Å². The highest BCUT2D eigenvalue weighted by atomic mass is 35.7. The molecule has 0 radical (unpaired) electrons. The van der Waals surface area contributed by atoms with Gasteiger partial charge in [0.05, 0.1) is 22.4 Å². The molecule has 0 fully saturated rings. The van der Waals surface area contributed by atoms with E-state index >= 15 is 0 Å². The van der Waals surface area contributed by atoms with Gasteiger partial charge in [-0.05, 0) is 19.1 Å². The van der Waals surface area contributed by atoms with E-state index in [0.29, 0.717) is 21.6 Å². The number of aromatic amines is 1. The van der Waals surface area contributed by atoms with Crippen LogP contribution in [0.1, 0.15) is 5.69 Å². The molecule has 0 atom stereocenters. The molecule has 3 rings (SSSR count). The molecule has 0 amide bonds. The molecule has 0 unspecified atom stereocenters. The van der Waals surface area contributed by atoms with Crippen LogP contribution in [0.2, 0.25) is 5.02 Å². The van der Waals surface area contributed by atoms with Crippen LogP contribution >= 0.6 is 22.3 Å². The molecular weight excluding hydrogens is 323 g/mol. The van der Waals surface area contributed by atoms with E-state index in [1.165, 1.54) is 11.0 Å². The Balaban J connectivity index is 2.38. The number of benzene rings is 1. The summed E-state index contributed by atoms with van der Waals surface area (Å²) in [5.41, 5.74) is 1.70. The third-order valence-electron chi connectivity index (χ3n) is 2.81. The molecule has 0 aliphatic heterocycles. The molecule has 1 aromatic carbocycles. The lowest BCUT2D eigenvalue weighted by Gasteiger charge is -2.05. The summed E-state index contributed by atoms with van der Waals surface area (Å²) in [7, 11) is 1.56. The van der Waals surface area contributed by atoms with E-state index in [1.807, 2.05) is 0 Å². The molecule has 0 aliphatic carbocycles. The Bertz CT molecular complexity index is 914. The van der Waals surface area contributed by atoms with Gasteiger partial charge in [-0.15, -0.1) is 4.80 Å². The molecule has 20 heavy (non-hydrogen) atoms. The first kappa shape index (κ1) is 13.4. The second-order valence-electron chi connectivity index (χ2n) is 4.18. The predicted octanol–water partition coefficient (Wildman–Crippen LogP) is 2.64. The summed E-state index contributed by atoms with van der Waals surface area (Å²) in [4.78, 5) is 4.21. The van der Waals surface area contributed by atoms with Crippen LogP contribution in [0.15, 0.2) is 29.4 Å². The summed E-state index contributed by atoms with van der Waals surface area (Å²) in [6.45, 7) is 1.79. The molecule has 104 valence electrons. The highest BCUT2D eigenvalue weighted by molar-refractivity contribution is 8.14. The minimum absolute atomic E-state index is 0.00374. The Labute approximate surface area is 123 Å². The molecule has 9 heteroatoms. The first-order chi connectivity index (χ1) is 9.38. The highest BCUT2D eigenvalue weighted by Gasteiger charge is 2.20. The zero-order chi connectivity index (χ0) is 14.5. The van der Waals surface area contributed by atoms with Gasteiger partial charge in [0.15, 0.2) is 0 Å². The Morgan fingerprint density at radius 3 is 2.70 bits per heavy atom. The van der Waals surface area contributed by atoms with Crippen LogP contribution in [-0.4, -0.2) is 28.4 Å². The van der Waals surface area contributed by atoms with Crippen LogP contribution in [0, 0.1) is 6.92 Å². The van der Waals surface area contributed by atoms with E-state index in [-0.39, 0.29) is 4.90 Å². The molecule has 3 aromatic rings. The van der Waals surface area contributed by atoms with Crippen LogP contribution in [-0.2, 0) is 9.05 Å². The third kappa shape index (κ3) is 2.07. The van der Waals surface area contributed by atoms with Crippen molar-refractivity contribution < 1.29 is 8.42 Å². The first-order valence-electron chi connectivity index (χ1n) is 5.51. The van der Waals surface area contributed by atoms with Gasteiger partial charge < -0.3 is 4.98 Å². The fourth-order valence-electron chi connectivity index (χ4n) is 1.98. The number of aryl methyl sites for hydroxylation is 1. The SMILES string of the molecule is Cc1cnn(-c2c(Cl)ccc3c(S(=O)(=O)Cl)c[nH]c23)n1. The lowest BCUT2D eigenvalue weighted by atomic mass is 10.2. The number of hydrogen-bond donors (Lipinski definition) is 1. The summed E-state index contributed by atoms with van der Waals surface area (Å²) in [5.74, 6) is 0. The number of nitrogens with zero attached hydrogens (tertiary/aromatic N) is 3. The third-order valence-corrected chi connectivity index (χ3v) is 4.48. The summed E-state index contributed by atoms with van der Waals surface area (Å²) in [6, 6.07) is 3.17. The van der Waals surface area contributed by atoms with Gasteiger partial charge in [-0.2, -0.15) is 10.2 Å². The van der Waals surface area contributed by atoms with Gasteiger partial charge in [-0.3, -0.25) is 0 Å². The average Bonchev–Trinajstić information content (AvgIpc) is 2.94. The maximum Gasteiger partial charge on any atom is 0.263 e. The number of H-pyrrole nitrogens is 1. The maximum atomic E-state index is 11.5. The number of halogens is 2. The minimum Gasteiger partial charge on any atom is -0.358 e. The Morgan fingerprint density at radius 1 is 1.35 bits per heavy atom. The molecular formula is C11H8Cl2N4O2S. The zero-order valence-corrected chi connectivity index (χ0v) is 12.5. The zero-order valence-electron chi connectivity index (χ0n) is 10.1. The van der Waals surface area contributed by atoms with E-state index in [9.17, 15) is 8.42 Å². The van der Waals surface area contributed by atoms with E-state index in [0.717, 1.165) is 5.69 Å². The summed E-state index contributed by atoms with van der Waals surface area (Å²) in [5, 5.41) is 9.11. The topological polar surface area (TPSA) is 80.6 Å². The lowest BCUT2D eigenvalue weighted by molar-refractivity contribution is 0.610. The quantitative estimate of drug-likeness (QED) is 0.732. The second-order valence-corrected chi connectivity index (χ2v) is 7.13. The molecule has 6 nitrogen and oxygen atoms in total. The number of fused-ring (bicyclic) bond motifs is 1. The van der Waals surface area contributed by atoms with E-state index < -0.39 is 9.05 Å². The van der Waals surface area contributed by atoms with Crippen LogP contribution < -0.4 is 0 Å². The molecule has 2 aromatic heterocycles. The number of rotatable bonds is 2. The minimum atomic E-state index is -3.84. The molecule has 0 bridgehead atoms. The normalized spacial score (nSPS) is 12.2. The fourth-order valence-corrected chi connectivity index (χ4v) is 3.23. The second kappa shape index (κ2) is 4.47. The molecule has 1 N–H and O–H groups in total. The van der Waals surface area contributed by atoms with Gasteiger partial charge in [0, 0.05) is 22.3 Å². The van der Waals surface area contributed by atoms with Gasteiger partial charge in [-0.25, -0.2) is 8.42 Å². The fraction of sp³-hybridized carbons (Fsp3) is 0.0909. The smallest absolute Gasteiger partial charge is 0.263 e. The van der Waals surface area contributed by atoms with Crippen molar-refractivity contribution in [2.75, 3.05) is 0 Å². The standard InChI is InChI=1S/C11H8Cl2N4O2S/c1-6-4-15-17(16-6)11-8(12)3-2-7-9(20(13,18)19)5-14-10(7)11/h2-5,14H,1H3. The van der Waals surface area contributed by atoms with Crippen molar-refractivity contribution in [2.24, 2.45) is 0 Å². The monoisotopic (exact) mass is 330 g/mol. The average molecular weight is 331 g/mol. The summed E-state index contributed by atoms with van der Waals surface area (Å²) in [6.07, 6.45) is 2.90. The molecule has 0 aliphatic rings.